The Morgan fingerprint density at radius 2 is 1.62 bits per heavy atom. The van der Waals surface area contributed by atoms with Crippen LogP contribution in [-0.2, 0) is 10.0 Å². The van der Waals surface area contributed by atoms with Crippen molar-refractivity contribution in [2.45, 2.75) is 4.90 Å². The molecule has 1 fully saturated rings. The number of halogens is 2. The number of carbonyl (C=O) groups is 2. The molecule has 4 rings (SSSR count). The Morgan fingerprint density at radius 1 is 0.969 bits per heavy atom. The maximum atomic E-state index is 12.9. The molecule has 2 aromatic rings. The van der Waals surface area contributed by atoms with E-state index in [-0.39, 0.29) is 58.9 Å². The lowest BCUT2D eigenvalue weighted by Crippen LogP contribution is -2.52. The van der Waals surface area contributed by atoms with Gasteiger partial charge < -0.3 is 0 Å². The number of nitro groups is 1. The van der Waals surface area contributed by atoms with Crippen molar-refractivity contribution in [1.82, 2.24) is 14.1 Å². The van der Waals surface area contributed by atoms with Gasteiger partial charge in [0.05, 0.1) is 27.2 Å². The van der Waals surface area contributed by atoms with Crippen LogP contribution in [0.3, 0.4) is 0 Å². The maximum Gasteiger partial charge on any atom is 0.282 e. The first-order valence-electron chi connectivity index (χ1n) is 9.43. The fraction of sp³-hybridized carbons (Fsp3) is 0.263. The van der Waals surface area contributed by atoms with Crippen molar-refractivity contribution in [2.24, 2.45) is 0 Å². The van der Waals surface area contributed by atoms with Crippen molar-refractivity contribution in [1.29, 1.82) is 0 Å². The van der Waals surface area contributed by atoms with E-state index in [9.17, 15) is 28.1 Å². The minimum Gasteiger partial charge on any atom is -0.283 e. The van der Waals surface area contributed by atoms with E-state index < -0.39 is 32.4 Å². The SMILES string of the molecule is O=C1c2cccc([N+](=O)[O-])c2C(=O)N1CN1CCN(S(=O)(=O)c2cccc(Cl)c2Cl)CC1. The smallest absolute Gasteiger partial charge is 0.282 e. The zero-order valence-corrected chi connectivity index (χ0v) is 18.7. The van der Waals surface area contributed by atoms with Crippen LogP contribution in [0.25, 0.3) is 0 Å². The van der Waals surface area contributed by atoms with Crippen LogP contribution in [0, 0.1) is 10.1 Å². The number of carbonyl (C=O) groups excluding carboxylic acids is 2. The molecule has 2 aliphatic rings. The van der Waals surface area contributed by atoms with Crippen molar-refractivity contribution in [3.05, 3.63) is 67.7 Å². The van der Waals surface area contributed by atoms with Crippen molar-refractivity contribution in [3.63, 3.8) is 0 Å². The van der Waals surface area contributed by atoms with Crippen molar-refractivity contribution in [3.8, 4) is 0 Å². The molecular formula is C19H16Cl2N4O6S. The number of sulfonamides is 1. The first-order valence-corrected chi connectivity index (χ1v) is 11.6. The van der Waals surface area contributed by atoms with Crippen LogP contribution in [0.15, 0.2) is 41.3 Å². The van der Waals surface area contributed by atoms with Gasteiger partial charge in [0.1, 0.15) is 10.5 Å². The summed E-state index contributed by atoms with van der Waals surface area (Å²) in [5.74, 6) is -1.35. The number of imide groups is 1. The molecule has 0 bridgehead atoms. The van der Waals surface area contributed by atoms with Gasteiger partial charge in [-0.2, -0.15) is 4.31 Å². The number of nitro benzene ring substituents is 1. The van der Waals surface area contributed by atoms with Gasteiger partial charge in [0.25, 0.3) is 17.5 Å². The number of nitrogens with zero attached hydrogens (tertiary/aromatic N) is 4. The Kier molecular flexibility index (Phi) is 5.94. The van der Waals surface area contributed by atoms with E-state index in [2.05, 4.69) is 0 Å². The van der Waals surface area contributed by atoms with Gasteiger partial charge in [0.15, 0.2) is 0 Å². The molecule has 0 N–H and O–H groups in total. The van der Waals surface area contributed by atoms with Gasteiger partial charge in [-0.1, -0.05) is 35.3 Å². The fourth-order valence-corrected chi connectivity index (χ4v) is 5.89. The lowest BCUT2D eigenvalue weighted by molar-refractivity contribution is -0.385. The third kappa shape index (κ3) is 3.76. The summed E-state index contributed by atoms with van der Waals surface area (Å²) in [5.41, 5.74) is -0.655. The second-order valence-corrected chi connectivity index (χ2v) is 9.90. The number of piperazine rings is 1. The molecule has 32 heavy (non-hydrogen) atoms. The van der Waals surface area contributed by atoms with Gasteiger partial charge in [-0.15, -0.1) is 0 Å². The highest BCUT2D eigenvalue weighted by molar-refractivity contribution is 7.89. The average Bonchev–Trinajstić information content (AvgIpc) is 3.00. The summed E-state index contributed by atoms with van der Waals surface area (Å²) in [6.45, 7) is 0.595. The monoisotopic (exact) mass is 498 g/mol. The summed E-state index contributed by atoms with van der Waals surface area (Å²) in [4.78, 5) is 38.5. The quantitative estimate of drug-likeness (QED) is 0.352. The Hall–Kier alpha value is -2.57. The van der Waals surface area contributed by atoms with Crippen LogP contribution in [-0.4, -0.2) is 72.1 Å². The number of amides is 2. The molecular weight excluding hydrogens is 483 g/mol. The van der Waals surface area contributed by atoms with Crippen molar-refractivity contribution < 1.29 is 22.9 Å². The second-order valence-electron chi connectivity index (χ2n) is 7.21. The minimum absolute atomic E-state index is 0.0130. The van der Waals surface area contributed by atoms with E-state index in [1.807, 2.05) is 0 Å². The van der Waals surface area contributed by atoms with Crippen LogP contribution in [0.2, 0.25) is 10.0 Å². The second kappa shape index (κ2) is 8.41. The summed E-state index contributed by atoms with van der Waals surface area (Å²) < 4.78 is 27.2. The van der Waals surface area contributed by atoms with Crippen LogP contribution in [0.1, 0.15) is 20.7 Å². The summed E-state index contributed by atoms with van der Waals surface area (Å²) in [6, 6.07) is 8.28. The summed E-state index contributed by atoms with van der Waals surface area (Å²) in [5, 5.41) is 11.3. The number of hydrogen-bond donors (Lipinski definition) is 0. The highest BCUT2D eigenvalue weighted by Gasteiger charge is 2.42. The molecule has 0 aliphatic carbocycles. The normalized spacial score (nSPS) is 17.6. The van der Waals surface area contributed by atoms with Crippen LogP contribution in [0.4, 0.5) is 5.69 Å². The van der Waals surface area contributed by atoms with Gasteiger partial charge in [-0.05, 0) is 18.2 Å². The van der Waals surface area contributed by atoms with Gasteiger partial charge in [0.2, 0.25) is 10.0 Å². The summed E-state index contributed by atoms with van der Waals surface area (Å²) >= 11 is 12.0. The Morgan fingerprint density at radius 3 is 2.28 bits per heavy atom. The van der Waals surface area contributed by atoms with E-state index in [0.717, 1.165) is 4.90 Å². The molecule has 0 saturated carbocycles. The molecule has 0 radical (unpaired) electrons. The molecule has 2 amide bonds. The molecule has 10 nitrogen and oxygen atoms in total. The topological polar surface area (TPSA) is 121 Å². The maximum absolute atomic E-state index is 12.9. The van der Waals surface area contributed by atoms with Gasteiger partial charge in [-0.3, -0.25) is 29.5 Å². The predicted octanol–water partition coefficient (Wildman–Crippen LogP) is 2.46. The van der Waals surface area contributed by atoms with E-state index in [1.165, 1.54) is 40.7 Å². The Labute approximate surface area is 193 Å². The highest BCUT2D eigenvalue weighted by atomic mass is 35.5. The van der Waals surface area contributed by atoms with E-state index >= 15 is 0 Å². The average molecular weight is 499 g/mol. The van der Waals surface area contributed by atoms with E-state index in [0.29, 0.717) is 0 Å². The van der Waals surface area contributed by atoms with Gasteiger partial charge in [0, 0.05) is 32.2 Å². The lowest BCUT2D eigenvalue weighted by Gasteiger charge is -2.35. The van der Waals surface area contributed by atoms with E-state index in [4.69, 9.17) is 23.2 Å². The molecule has 2 heterocycles. The molecule has 2 aliphatic heterocycles. The summed E-state index contributed by atoms with van der Waals surface area (Å²) in [6.07, 6.45) is 0. The first kappa shape index (κ1) is 22.6. The van der Waals surface area contributed by atoms with Crippen LogP contribution < -0.4 is 0 Å². The number of benzene rings is 2. The Bertz CT molecular complexity index is 1240. The molecule has 1 saturated heterocycles. The van der Waals surface area contributed by atoms with E-state index in [1.54, 1.807) is 4.90 Å². The minimum atomic E-state index is -3.88. The fourth-order valence-electron chi connectivity index (χ4n) is 3.73. The zero-order chi connectivity index (χ0) is 23.2. The Balaban J connectivity index is 1.46. The molecule has 2 aromatic carbocycles. The third-order valence-corrected chi connectivity index (χ3v) is 8.25. The number of rotatable bonds is 5. The number of hydrogen-bond acceptors (Lipinski definition) is 7. The van der Waals surface area contributed by atoms with Crippen molar-refractivity contribution in [2.75, 3.05) is 32.8 Å². The lowest BCUT2D eigenvalue weighted by atomic mass is 10.1. The standard InChI is InChI=1S/C19H16Cl2N4O6S/c20-13-4-2-6-15(17(13)21)32(30,31)23-9-7-22(8-10-23)11-24-18(26)12-3-1-5-14(25(28)29)16(12)19(24)27/h1-6H,7-11H2. The molecule has 0 atom stereocenters. The highest BCUT2D eigenvalue weighted by Crippen LogP contribution is 2.32. The number of fused-ring (bicyclic) bond motifs is 1. The molecule has 0 unspecified atom stereocenters. The largest absolute Gasteiger partial charge is 0.283 e. The van der Waals surface area contributed by atoms with Crippen LogP contribution in [0.5, 0.6) is 0 Å². The molecule has 13 heteroatoms. The molecule has 0 spiro atoms. The molecule has 0 aromatic heterocycles. The molecule has 168 valence electrons. The van der Waals surface area contributed by atoms with Crippen LogP contribution >= 0.6 is 23.2 Å². The predicted molar refractivity (Wildman–Crippen MR) is 115 cm³/mol. The van der Waals surface area contributed by atoms with Gasteiger partial charge >= 0.3 is 0 Å². The summed E-state index contributed by atoms with van der Waals surface area (Å²) in [7, 11) is -3.88. The third-order valence-electron chi connectivity index (χ3n) is 5.38. The van der Waals surface area contributed by atoms with Gasteiger partial charge in [-0.25, -0.2) is 8.42 Å². The zero-order valence-electron chi connectivity index (χ0n) is 16.4. The van der Waals surface area contributed by atoms with Crippen molar-refractivity contribution >= 4 is 50.7 Å². The first-order chi connectivity index (χ1) is 15.1.